The molecule has 0 atom stereocenters. The largest absolute Gasteiger partial charge is 0.462 e. The topological polar surface area (TPSA) is 60.8 Å². The quantitative estimate of drug-likeness (QED) is 0.411. The van der Waals surface area contributed by atoms with Crippen molar-refractivity contribution in [2.75, 3.05) is 26.9 Å². The molecule has 8 heteroatoms. The second kappa shape index (κ2) is 9.94. The molecule has 0 saturated carbocycles. The van der Waals surface area contributed by atoms with Crippen molar-refractivity contribution >= 4 is 41.2 Å². The number of hydrogen-bond donors (Lipinski definition) is 0. The number of rotatable bonds is 7. The van der Waals surface area contributed by atoms with Gasteiger partial charge in [-0.25, -0.2) is 4.79 Å². The molecule has 32 heavy (non-hydrogen) atoms. The number of methoxy groups -OCH3 is 1. The number of nitrogens with zero attached hydrogens (tertiary/aromatic N) is 2. The van der Waals surface area contributed by atoms with Crippen molar-refractivity contribution in [2.45, 2.75) is 27.7 Å². The summed E-state index contributed by atoms with van der Waals surface area (Å²) in [6.07, 6.45) is 1.74. The SMILES string of the molecule is CCOC(=O)C1=C(C)N(CCOC)C(=O)/C1=C\c1cc(C)n(-c2cc(Cl)ccc2Cl)c1C. The molecule has 1 amide bonds. The summed E-state index contributed by atoms with van der Waals surface area (Å²) in [6.45, 7) is 8.28. The Balaban J connectivity index is 2.13. The number of ether oxygens (including phenoxy) is 2. The second-order valence-electron chi connectivity index (χ2n) is 7.45. The molecule has 2 aromatic rings. The van der Waals surface area contributed by atoms with Crippen LogP contribution in [-0.4, -0.2) is 48.2 Å². The van der Waals surface area contributed by atoms with Crippen molar-refractivity contribution in [1.82, 2.24) is 9.47 Å². The van der Waals surface area contributed by atoms with Gasteiger partial charge in [-0.05, 0) is 63.6 Å². The Kier molecular flexibility index (Phi) is 7.49. The molecule has 0 fully saturated rings. The number of allylic oxidation sites excluding steroid dienone is 1. The van der Waals surface area contributed by atoms with Crippen molar-refractivity contribution in [1.29, 1.82) is 0 Å². The van der Waals surface area contributed by atoms with E-state index in [9.17, 15) is 9.59 Å². The third-order valence-corrected chi connectivity index (χ3v) is 5.98. The standard InChI is InChI=1S/C24H26Cl2N2O4/c1-6-32-24(30)22-16(4)27(9-10-31-5)23(29)19(22)12-17-11-14(2)28(15(17)3)21-13-18(25)7-8-20(21)26/h7-8,11-13H,6,9-10H2,1-5H3/b19-12-. The van der Waals surface area contributed by atoms with E-state index in [0.717, 1.165) is 22.6 Å². The van der Waals surface area contributed by atoms with Crippen LogP contribution in [0.3, 0.4) is 0 Å². The first-order valence-electron chi connectivity index (χ1n) is 10.3. The molecule has 1 aliphatic rings. The Morgan fingerprint density at radius 2 is 1.88 bits per heavy atom. The van der Waals surface area contributed by atoms with Crippen LogP contribution < -0.4 is 0 Å². The van der Waals surface area contributed by atoms with Gasteiger partial charge in [0.15, 0.2) is 0 Å². The monoisotopic (exact) mass is 476 g/mol. The number of carbonyl (C=O) groups is 2. The predicted molar refractivity (Wildman–Crippen MR) is 126 cm³/mol. The maximum Gasteiger partial charge on any atom is 0.340 e. The van der Waals surface area contributed by atoms with Crippen LogP contribution in [0, 0.1) is 13.8 Å². The average Bonchev–Trinajstić information content (AvgIpc) is 3.15. The van der Waals surface area contributed by atoms with Crippen molar-refractivity contribution < 1.29 is 19.1 Å². The summed E-state index contributed by atoms with van der Waals surface area (Å²) in [5, 5.41) is 1.13. The summed E-state index contributed by atoms with van der Waals surface area (Å²) in [4.78, 5) is 27.5. The van der Waals surface area contributed by atoms with Crippen molar-refractivity contribution in [3.05, 3.63) is 68.1 Å². The number of aromatic nitrogens is 1. The third-order valence-electron chi connectivity index (χ3n) is 5.43. The lowest BCUT2D eigenvalue weighted by Crippen LogP contribution is -2.28. The highest BCUT2D eigenvalue weighted by Crippen LogP contribution is 2.34. The molecule has 0 aliphatic carbocycles. The van der Waals surface area contributed by atoms with Gasteiger partial charge in [0.1, 0.15) is 0 Å². The van der Waals surface area contributed by atoms with Crippen LogP contribution >= 0.6 is 23.2 Å². The highest BCUT2D eigenvalue weighted by atomic mass is 35.5. The van der Waals surface area contributed by atoms with E-state index in [-0.39, 0.29) is 18.1 Å². The molecule has 0 unspecified atom stereocenters. The van der Waals surface area contributed by atoms with Crippen LogP contribution in [0.5, 0.6) is 0 Å². The van der Waals surface area contributed by atoms with Crippen LogP contribution in [0.25, 0.3) is 11.8 Å². The molecule has 1 aromatic heterocycles. The number of halogens is 2. The highest BCUT2D eigenvalue weighted by Gasteiger charge is 2.37. The second-order valence-corrected chi connectivity index (χ2v) is 8.29. The summed E-state index contributed by atoms with van der Waals surface area (Å²) >= 11 is 12.6. The Morgan fingerprint density at radius 1 is 1.16 bits per heavy atom. The Hall–Kier alpha value is -2.54. The lowest BCUT2D eigenvalue weighted by atomic mass is 10.0. The van der Waals surface area contributed by atoms with E-state index in [2.05, 4.69) is 0 Å². The summed E-state index contributed by atoms with van der Waals surface area (Å²) in [7, 11) is 1.57. The zero-order valence-corrected chi connectivity index (χ0v) is 20.3. The lowest BCUT2D eigenvalue weighted by Gasteiger charge is -2.16. The third kappa shape index (κ3) is 4.49. The molecule has 0 radical (unpaired) electrons. The first kappa shape index (κ1) is 24.1. The van der Waals surface area contributed by atoms with E-state index >= 15 is 0 Å². The van der Waals surface area contributed by atoms with Gasteiger partial charge in [0.2, 0.25) is 0 Å². The minimum absolute atomic E-state index is 0.219. The molecule has 0 spiro atoms. The summed E-state index contributed by atoms with van der Waals surface area (Å²) in [5.74, 6) is -0.774. The van der Waals surface area contributed by atoms with E-state index in [4.69, 9.17) is 32.7 Å². The minimum Gasteiger partial charge on any atom is -0.462 e. The van der Waals surface area contributed by atoms with Gasteiger partial charge in [-0.2, -0.15) is 0 Å². The van der Waals surface area contributed by atoms with E-state index in [0.29, 0.717) is 34.5 Å². The van der Waals surface area contributed by atoms with Gasteiger partial charge >= 0.3 is 5.97 Å². The number of amides is 1. The minimum atomic E-state index is -0.517. The normalized spacial score (nSPS) is 15.3. The average molecular weight is 477 g/mol. The van der Waals surface area contributed by atoms with E-state index in [1.807, 2.05) is 24.5 Å². The predicted octanol–water partition coefficient (Wildman–Crippen LogP) is 5.11. The zero-order chi connectivity index (χ0) is 23.6. The number of benzene rings is 1. The Bertz CT molecular complexity index is 1130. The van der Waals surface area contributed by atoms with E-state index < -0.39 is 5.97 Å². The molecule has 0 N–H and O–H groups in total. The van der Waals surface area contributed by atoms with E-state index in [1.54, 1.807) is 50.1 Å². The molecule has 3 rings (SSSR count). The zero-order valence-electron chi connectivity index (χ0n) is 18.8. The number of hydrogen-bond acceptors (Lipinski definition) is 4. The first-order chi connectivity index (χ1) is 15.2. The van der Waals surface area contributed by atoms with Crippen molar-refractivity contribution in [2.24, 2.45) is 0 Å². The van der Waals surface area contributed by atoms with Gasteiger partial charge < -0.3 is 18.9 Å². The lowest BCUT2D eigenvalue weighted by molar-refractivity contribution is -0.138. The summed E-state index contributed by atoms with van der Waals surface area (Å²) < 4.78 is 12.3. The molecule has 1 aromatic carbocycles. The molecule has 1 aliphatic heterocycles. The maximum absolute atomic E-state index is 13.2. The number of carbonyl (C=O) groups excluding carboxylic acids is 2. The van der Waals surface area contributed by atoms with Crippen LogP contribution in [-0.2, 0) is 19.1 Å². The maximum atomic E-state index is 13.2. The molecule has 170 valence electrons. The van der Waals surface area contributed by atoms with Crippen LogP contribution in [0.4, 0.5) is 0 Å². The fraction of sp³-hybridized carbons (Fsp3) is 0.333. The molecule has 6 nitrogen and oxygen atoms in total. The Morgan fingerprint density at radius 3 is 2.53 bits per heavy atom. The van der Waals surface area contributed by atoms with Gasteiger partial charge in [0.25, 0.3) is 5.91 Å². The summed E-state index contributed by atoms with van der Waals surface area (Å²) in [6, 6.07) is 7.22. The first-order valence-corrected chi connectivity index (χ1v) is 11.0. The summed E-state index contributed by atoms with van der Waals surface area (Å²) in [5.41, 5.74) is 4.46. The fourth-order valence-electron chi connectivity index (χ4n) is 3.90. The van der Waals surface area contributed by atoms with Gasteiger partial charge in [0, 0.05) is 35.8 Å². The molecule has 2 heterocycles. The molecular weight excluding hydrogens is 451 g/mol. The fourth-order valence-corrected chi connectivity index (χ4v) is 4.27. The Labute approximate surface area is 198 Å². The van der Waals surface area contributed by atoms with Crippen molar-refractivity contribution in [3.63, 3.8) is 0 Å². The number of aryl methyl sites for hydroxylation is 1. The molecule has 0 saturated heterocycles. The molecule has 0 bridgehead atoms. The van der Waals surface area contributed by atoms with Crippen molar-refractivity contribution in [3.8, 4) is 5.69 Å². The molecular formula is C24H26Cl2N2O4. The van der Waals surface area contributed by atoms with Crippen LogP contribution in [0.1, 0.15) is 30.8 Å². The van der Waals surface area contributed by atoms with Gasteiger partial charge in [-0.15, -0.1) is 0 Å². The smallest absolute Gasteiger partial charge is 0.340 e. The number of esters is 1. The van der Waals surface area contributed by atoms with Gasteiger partial charge in [-0.3, -0.25) is 4.79 Å². The van der Waals surface area contributed by atoms with Gasteiger partial charge in [0.05, 0.1) is 35.1 Å². The van der Waals surface area contributed by atoms with Gasteiger partial charge in [-0.1, -0.05) is 23.2 Å². The van der Waals surface area contributed by atoms with Crippen LogP contribution in [0.15, 0.2) is 41.1 Å². The van der Waals surface area contributed by atoms with E-state index in [1.165, 1.54) is 0 Å². The highest BCUT2D eigenvalue weighted by molar-refractivity contribution is 6.34. The van der Waals surface area contributed by atoms with Crippen LogP contribution in [0.2, 0.25) is 10.0 Å².